The van der Waals surface area contributed by atoms with Crippen LogP contribution in [0.3, 0.4) is 0 Å². The first-order valence-electron chi connectivity index (χ1n) is 25.1. The van der Waals surface area contributed by atoms with E-state index >= 15 is 0 Å². The Balaban J connectivity index is 1.17. The van der Waals surface area contributed by atoms with Crippen LogP contribution in [0.15, 0.2) is 212 Å². The summed E-state index contributed by atoms with van der Waals surface area (Å²) in [7, 11) is 2.51. The summed E-state index contributed by atoms with van der Waals surface area (Å²) in [6.07, 6.45) is 0. The van der Waals surface area contributed by atoms with Gasteiger partial charge in [0.15, 0.2) is 7.28 Å². The molecule has 1 aliphatic heterocycles. The summed E-state index contributed by atoms with van der Waals surface area (Å²) >= 11 is 0. The fourth-order valence-corrected chi connectivity index (χ4v) is 11.2. The Hall–Kier alpha value is -8.14. The number of hydrogen-bond acceptors (Lipinski definition) is 0. The monoisotopic (exact) mass is 909 g/mol. The summed E-state index contributed by atoms with van der Waals surface area (Å²) in [5.41, 5.74) is 25.3. The molecule has 12 aromatic rings. The number of H-pyrrole nitrogens is 1. The smallest absolute Gasteiger partial charge is 0.197 e. The highest BCUT2D eigenvalue weighted by Gasteiger charge is 2.31. The van der Waals surface area contributed by atoms with Gasteiger partial charge >= 0.3 is 0 Å². The summed E-state index contributed by atoms with van der Waals surface area (Å²) in [6.45, 7) is 14.0. The average molecular weight is 910 g/mol. The molecule has 1 aliphatic rings. The van der Waals surface area contributed by atoms with E-state index in [9.17, 15) is 0 Å². The third kappa shape index (κ3) is 7.25. The molecule has 2 nitrogen and oxygen atoms in total. The zero-order valence-corrected chi connectivity index (χ0v) is 41.2. The average Bonchev–Trinajstić information content (AvgIpc) is 3.94. The van der Waals surface area contributed by atoms with Gasteiger partial charge in [-0.3, -0.25) is 0 Å². The standard InChI is InChI=1S/C68H54BN2/c1-67(2,3)51-33-50(34-52(41-51)68(4,5)6)53-29-32-62-64(63(53)58-39-48(44-23-15-9-16-24-44)37-56-54-35-46(42-19-11-7-12-20-42)27-30-60(54)70-65(56)58)69-59-40-49(45-25-17-10-18-26-45)38-57-55-36-47(43-21-13-8-14-22-43)28-31-61(55)71(62)66(57)59/h7-41,70H,1-6H3. The highest BCUT2D eigenvalue weighted by molar-refractivity contribution is 6.73. The van der Waals surface area contributed by atoms with Gasteiger partial charge in [0.05, 0.1) is 11.0 Å². The molecule has 71 heavy (non-hydrogen) atoms. The fraction of sp³-hybridized carbons (Fsp3) is 0.118. The van der Waals surface area contributed by atoms with Crippen LogP contribution in [0.5, 0.6) is 0 Å². The molecule has 1 radical (unpaired) electrons. The molecule has 0 bridgehead atoms. The van der Waals surface area contributed by atoms with Crippen LogP contribution in [-0.2, 0) is 10.8 Å². The number of rotatable bonds is 6. The van der Waals surface area contributed by atoms with Gasteiger partial charge in [-0.25, -0.2) is 0 Å². The lowest BCUT2D eigenvalue weighted by Gasteiger charge is -2.29. The molecule has 339 valence electrons. The zero-order chi connectivity index (χ0) is 48.2. The first kappa shape index (κ1) is 42.9. The van der Waals surface area contributed by atoms with Crippen molar-refractivity contribution in [1.29, 1.82) is 0 Å². The van der Waals surface area contributed by atoms with Crippen LogP contribution in [0.4, 0.5) is 0 Å². The molecule has 0 amide bonds. The van der Waals surface area contributed by atoms with Gasteiger partial charge in [-0.05, 0) is 137 Å². The molecule has 2 aromatic heterocycles. The first-order chi connectivity index (χ1) is 34.4. The van der Waals surface area contributed by atoms with Crippen LogP contribution >= 0.6 is 0 Å². The largest absolute Gasteiger partial charge is 0.354 e. The predicted molar refractivity (Wildman–Crippen MR) is 305 cm³/mol. The molecule has 0 fully saturated rings. The topological polar surface area (TPSA) is 20.7 Å². The van der Waals surface area contributed by atoms with Gasteiger partial charge in [-0.15, -0.1) is 0 Å². The van der Waals surface area contributed by atoms with Crippen molar-refractivity contribution >= 4 is 61.8 Å². The Labute approximate surface area is 417 Å². The van der Waals surface area contributed by atoms with Gasteiger partial charge in [0.25, 0.3) is 0 Å². The quantitative estimate of drug-likeness (QED) is 0.161. The number of hydrogen-bond donors (Lipinski definition) is 1. The van der Waals surface area contributed by atoms with E-state index in [1.165, 1.54) is 127 Å². The number of nitrogens with one attached hydrogen (secondary N) is 1. The van der Waals surface area contributed by atoms with Crippen LogP contribution in [0.25, 0.3) is 116 Å². The van der Waals surface area contributed by atoms with Crippen molar-refractivity contribution in [3.8, 4) is 72.4 Å². The Morgan fingerprint density at radius 2 is 0.887 bits per heavy atom. The molecule has 0 saturated carbocycles. The predicted octanol–water partition coefficient (Wildman–Crippen LogP) is 17.0. The Bertz CT molecular complexity index is 4020. The minimum absolute atomic E-state index is 0.0638. The lowest BCUT2D eigenvalue weighted by molar-refractivity contribution is 0.569. The Kier molecular flexibility index (Phi) is 9.81. The molecule has 10 aromatic carbocycles. The summed E-state index contributed by atoms with van der Waals surface area (Å²) in [5, 5.41) is 4.93. The van der Waals surface area contributed by atoms with E-state index in [1.54, 1.807) is 0 Å². The minimum Gasteiger partial charge on any atom is -0.354 e. The van der Waals surface area contributed by atoms with E-state index in [0.717, 1.165) is 11.0 Å². The van der Waals surface area contributed by atoms with Crippen molar-refractivity contribution in [3.05, 3.63) is 223 Å². The number of aromatic amines is 1. The Morgan fingerprint density at radius 1 is 0.380 bits per heavy atom. The van der Waals surface area contributed by atoms with E-state index in [1.807, 2.05) is 0 Å². The molecule has 13 rings (SSSR count). The van der Waals surface area contributed by atoms with Crippen molar-refractivity contribution in [1.82, 2.24) is 9.55 Å². The van der Waals surface area contributed by atoms with Crippen LogP contribution in [0, 0.1) is 0 Å². The molecule has 0 atom stereocenters. The number of fused-ring (bicyclic) bond motifs is 8. The van der Waals surface area contributed by atoms with Crippen LogP contribution in [-0.4, -0.2) is 16.8 Å². The fourth-order valence-electron chi connectivity index (χ4n) is 11.2. The van der Waals surface area contributed by atoms with Gasteiger partial charge in [0.1, 0.15) is 0 Å². The van der Waals surface area contributed by atoms with E-state index in [-0.39, 0.29) is 10.8 Å². The second kappa shape index (κ2) is 16.2. The number of benzene rings is 10. The Morgan fingerprint density at radius 3 is 1.46 bits per heavy atom. The van der Waals surface area contributed by atoms with Gasteiger partial charge in [-0.2, -0.15) is 0 Å². The molecule has 0 unspecified atom stereocenters. The molecule has 3 heterocycles. The SMILES string of the molecule is CC(C)(C)c1cc(-c2ccc3c(c2-c2cc(-c4ccccc4)cc4c2[nH]c2ccc(-c5ccccc5)cc24)[B]c2cc(-c4ccccc4)cc4c5cc(-c6ccccc6)ccc5n-3c24)cc(C(C)(C)C)c1. The number of aromatic nitrogens is 2. The lowest BCUT2D eigenvalue weighted by Crippen LogP contribution is -2.37. The summed E-state index contributed by atoms with van der Waals surface area (Å²) in [4.78, 5) is 4.05. The van der Waals surface area contributed by atoms with E-state index in [4.69, 9.17) is 0 Å². The molecule has 0 saturated heterocycles. The second-order valence-corrected chi connectivity index (χ2v) is 21.7. The second-order valence-electron chi connectivity index (χ2n) is 21.7. The third-order valence-electron chi connectivity index (χ3n) is 15.0. The lowest BCUT2D eigenvalue weighted by atomic mass is 9.58. The maximum atomic E-state index is 4.05. The molecule has 1 N–H and O–H groups in total. The minimum atomic E-state index is -0.0638. The summed E-state index contributed by atoms with van der Waals surface area (Å²) < 4.78 is 2.56. The summed E-state index contributed by atoms with van der Waals surface area (Å²) in [6, 6.07) is 79.2. The summed E-state index contributed by atoms with van der Waals surface area (Å²) in [5.74, 6) is 0. The molecule has 0 aliphatic carbocycles. The van der Waals surface area contributed by atoms with Gasteiger partial charge < -0.3 is 9.55 Å². The van der Waals surface area contributed by atoms with E-state index in [2.05, 4.69) is 271 Å². The van der Waals surface area contributed by atoms with Crippen molar-refractivity contribution in [2.45, 2.75) is 52.4 Å². The van der Waals surface area contributed by atoms with Crippen molar-refractivity contribution in [3.63, 3.8) is 0 Å². The van der Waals surface area contributed by atoms with Gasteiger partial charge in [0.2, 0.25) is 0 Å². The van der Waals surface area contributed by atoms with Crippen LogP contribution in [0.2, 0.25) is 0 Å². The molecule has 0 spiro atoms. The van der Waals surface area contributed by atoms with Gasteiger partial charge in [-0.1, -0.05) is 211 Å². The highest BCUT2D eigenvalue weighted by Crippen LogP contribution is 2.46. The molecule has 3 heteroatoms. The zero-order valence-electron chi connectivity index (χ0n) is 41.2. The number of nitrogens with zero attached hydrogens (tertiary/aromatic N) is 1. The van der Waals surface area contributed by atoms with Crippen molar-refractivity contribution in [2.24, 2.45) is 0 Å². The maximum Gasteiger partial charge on any atom is 0.197 e. The normalized spacial score (nSPS) is 12.5. The van der Waals surface area contributed by atoms with E-state index < -0.39 is 0 Å². The molecular weight excluding hydrogens is 856 g/mol. The maximum absolute atomic E-state index is 4.05. The van der Waals surface area contributed by atoms with Crippen LogP contribution < -0.4 is 10.9 Å². The first-order valence-corrected chi connectivity index (χ1v) is 25.1. The van der Waals surface area contributed by atoms with Crippen molar-refractivity contribution in [2.75, 3.05) is 0 Å². The van der Waals surface area contributed by atoms with Gasteiger partial charge in [0, 0.05) is 43.8 Å². The third-order valence-corrected chi connectivity index (χ3v) is 15.0. The molecular formula is C68H54BN2. The van der Waals surface area contributed by atoms with Crippen LogP contribution in [0.1, 0.15) is 52.7 Å². The highest BCUT2D eigenvalue weighted by atomic mass is 15.0. The van der Waals surface area contributed by atoms with E-state index in [0.29, 0.717) is 0 Å². The van der Waals surface area contributed by atoms with Crippen molar-refractivity contribution < 1.29 is 0 Å².